The maximum Gasteiger partial charge on any atom is 0.150 e. The van der Waals surface area contributed by atoms with Crippen molar-refractivity contribution in [3.8, 4) is 0 Å². The summed E-state index contributed by atoms with van der Waals surface area (Å²) in [4.78, 5) is 4.25. The van der Waals surface area contributed by atoms with Crippen LogP contribution in [0.3, 0.4) is 0 Å². The monoisotopic (exact) mass is 318 g/mol. The highest BCUT2D eigenvalue weighted by atomic mass is 79.9. The maximum atomic E-state index is 13.5. The van der Waals surface area contributed by atoms with Crippen LogP contribution in [-0.4, -0.2) is 4.98 Å². The lowest BCUT2D eigenvalue weighted by Crippen LogP contribution is -2.02. The van der Waals surface area contributed by atoms with Crippen molar-refractivity contribution >= 4 is 33.0 Å². The molecule has 2 rings (SSSR count). The van der Waals surface area contributed by atoms with E-state index in [2.05, 4.69) is 26.2 Å². The van der Waals surface area contributed by atoms with Crippen molar-refractivity contribution in [2.75, 3.05) is 5.32 Å². The molecule has 1 aromatic heterocycles. The summed E-state index contributed by atoms with van der Waals surface area (Å²) in [6.07, 6.45) is 0. The Bertz CT molecular complexity index is 519. The fraction of sp³-hybridized carbons (Fsp3) is 0.182. The molecule has 0 aliphatic carbocycles. The molecular weight excluding hydrogens is 310 g/mol. The second-order valence-electron chi connectivity index (χ2n) is 3.48. The zero-order chi connectivity index (χ0) is 12.4. The van der Waals surface area contributed by atoms with E-state index in [1.807, 2.05) is 12.3 Å². The van der Waals surface area contributed by atoms with Gasteiger partial charge in [0.2, 0.25) is 0 Å². The largest absolute Gasteiger partial charge is 0.375 e. The number of nitrogens with zero attached hydrogens (tertiary/aromatic N) is 1. The summed E-state index contributed by atoms with van der Waals surface area (Å²) in [6, 6.07) is 2.07. The van der Waals surface area contributed by atoms with Gasteiger partial charge in [-0.1, -0.05) is 0 Å². The molecule has 0 saturated heterocycles. The molecule has 17 heavy (non-hydrogen) atoms. The van der Waals surface area contributed by atoms with E-state index in [9.17, 15) is 8.78 Å². The predicted octanol–water partition coefficient (Wildman–Crippen LogP) is 4.10. The van der Waals surface area contributed by atoms with Gasteiger partial charge in [-0.2, -0.15) is 0 Å². The Labute approximate surface area is 110 Å². The van der Waals surface area contributed by atoms with Crippen molar-refractivity contribution in [2.24, 2.45) is 0 Å². The van der Waals surface area contributed by atoms with Gasteiger partial charge in [0.15, 0.2) is 0 Å². The Morgan fingerprint density at radius 3 is 2.76 bits per heavy atom. The molecule has 2 aromatic rings. The Kier molecular flexibility index (Phi) is 3.73. The lowest BCUT2D eigenvalue weighted by atomic mass is 10.3. The Morgan fingerprint density at radius 2 is 2.18 bits per heavy atom. The molecule has 0 spiro atoms. The first-order valence-electron chi connectivity index (χ1n) is 4.85. The molecule has 0 unspecified atom stereocenters. The van der Waals surface area contributed by atoms with E-state index in [4.69, 9.17) is 0 Å². The first-order chi connectivity index (χ1) is 8.06. The van der Waals surface area contributed by atoms with Crippen molar-refractivity contribution in [3.05, 3.63) is 44.3 Å². The minimum Gasteiger partial charge on any atom is -0.375 e. The highest BCUT2D eigenvalue weighted by Gasteiger charge is 2.09. The van der Waals surface area contributed by atoms with Crippen LogP contribution in [-0.2, 0) is 6.54 Å². The van der Waals surface area contributed by atoms with Crippen molar-refractivity contribution in [1.82, 2.24) is 4.98 Å². The average Bonchev–Trinajstić information content (AvgIpc) is 2.62. The summed E-state index contributed by atoms with van der Waals surface area (Å²) in [5.41, 5.74) is 1.18. The van der Waals surface area contributed by atoms with Gasteiger partial charge in [0.1, 0.15) is 16.6 Å². The first kappa shape index (κ1) is 12.4. The molecule has 1 heterocycles. The van der Waals surface area contributed by atoms with E-state index in [1.165, 1.54) is 17.4 Å². The molecule has 90 valence electrons. The smallest absolute Gasteiger partial charge is 0.150 e. The quantitative estimate of drug-likeness (QED) is 0.921. The summed E-state index contributed by atoms with van der Waals surface area (Å²) >= 11 is 4.62. The predicted molar refractivity (Wildman–Crippen MR) is 68.2 cm³/mol. The van der Waals surface area contributed by atoms with E-state index in [-0.39, 0.29) is 5.69 Å². The van der Waals surface area contributed by atoms with E-state index in [0.717, 1.165) is 16.8 Å². The Balaban J connectivity index is 2.14. The lowest BCUT2D eigenvalue weighted by Gasteiger charge is -2.08. The van der Waals surface area contributed by atoms with Gasteiger partial charge in [0.05, 0.1) is 12.2 Å². The molecule has 1 aromatic carbocycles. The molecule has 0 radical (unpaired) electrons. The molecule has 2 nitrogen and oxygen atoms in total. The van der Waals surface area contributed by atoms with Crippen LogP contribution < -0.4 is 5.32 Å². The van der Waals surface area contributed by atoms with Gasteiger partial charge < -0.3 is 5.32 Å². The summed E-state index contributed by atoms with van der Waals surface area (Å²) in [6.45, 7) is 2.31. The number of benzene rings is 1. The molecular formula is C11H9BrF2N2S. The van der Waals surface area contributed by atoms with Gasteiger partial charge in [0, 0.05) is 21.6 Å². The molecule has 0 bridgehead atoms. The third-order valence-electron chi connectivity index (χ3n) is 2.09. The van der Waals surface area contributed by atoms with E-state index in [1.54, 1.807) is 0 Å². The number of rotatable bonds is 3. The highest BCUT2D eigenvalue weighted by Crippen LogP contribution is 2.27. The van der Waals surface area contributed by atoms with Crippen molar-refractivity contribution < 1.29 is 8.78 Å². The second kappa shape index (κ2) is 5.10. The standard InChI is InChI=1S/C11H9BrF2N2S/c1-6-5-17-10(16-6)4-15-11-8(12)2-7(13)3-9(11)14/h2-3,5,15H,4H2,1H3. The number of aryl methyl sites for hydroxylation is 1. The molecule has 6 heteroatoms. The molecule has 1 N–H and O–H groups in total. The van der Waals surface area contributed by atoms with Gasteiger partial charge in [-0.05, 0) is 28.9 Å². The summed E-state index contributed by atoms with van der Waals surface area (Å²) < 4.78 is 26.7. The van der Waals surface area contributed by atoms with Crippen LogP contribution in [0.5, 0.6) is 0 Å². The summed E-state index contributed by atoms with van der Waals surface area (Å²) in [5, 5.41) is 5.68. The Hall–Kier alpha value is -1.01. The highest BCUT2D eigenvalue weighted by molar-refractivity contribution is 9.10. The van der Waals surface area contributed by atoms with Crippen LogP contribution in [0.25, 0.3) is 0 Å². The minimum absolute atomic E-state index is 0.249. The second-order valence-corrected chi connectivity index (χ2v) is 5.28. The molecule has 0 atom stereocenters. The molecule has 0 fully saturated rings. The van der Waals surface area contributed by atoms with Gasteiger partial charge in [-0.25, -0.2) is 13.8 Å². The van der Waals surface area contributed by atoms with Crippen LogP contribution in [0.1, 0.15) is 10.7 Å². The van der Waals surface area contributed by atoms with Crippen molar-refractivity contribution in [1.29, 1.82) is 0 Å². The molecule has 0 aliphatic rings. The van der Waals surface area contributed by atoms with Crippen LogP contribution in [0.15, 0.2) is 22.0 Å². The number of hydrogen-bond acceptors (Lipinski definition) is 3. The number of halogens is 3. The summed E-state index contributed by atoms with van der Waals surface area (Å²) in [5.74, 6) is -1.23. The van der Waals surface area contributed by atoms with Gasteiger partial charge >= 0.3 is 0 Å². The summed E-state index contributed by atoms with van der Waals surface area (Å²) in [7, 11) is 0. The maximum absolute atomic E-state index is 13.5. The fourth-order valence-electron chi connectivity index (χ4n) is 1.36. The molecule has 0 amide bonds. The van der Waals surface area contributed by atoms with Crippen LogP contribution >= 0.6 is 27.3 Å². The zero-order valence-corrected chi connectivity index (χ0v) is 11.3. The lowest BCUT2D eigenvalue weighted by molar-refractivity contribution is 0.583. The number of thiazole rings is 1. The number of aromatic nitrogens is 1. The number of nitrogens with one attached hydrogen (secondary N) is 1. The van der Waals surface area contributed by atoms with Gasteiger partial charge in [-0.3, -0.25) is 0 Å². The third-order valence-corrected chi connectivity index (χ3v) is 3.68. The first-order valence-corrected chi connectivity index (χ1v) is 6.53. The van der Waals surface area contributed by atoms with Crippen molar-refractivity contribution in [2.45, 2.75) is 13.5 Å². The van der Waals surface area contributed by atoms with E-state index in [0.29, 0.717) is 11.0 Å². The van der Waals surface area contributed by atoms with Gasteiger partial charge in [0.25, 0.3) is 0 Å². The van der Waals surface area contributed by atoms with Crippen molar-refractivity contribution in [3.63, 3.8) is 0 Å². The Morgan fingerprint density at radius 1 is 1.41 bits per heavy atom. The number of anilines is 1. The normalized spacial score (nSPS) is 10.6. The van der Waals surface area contributed by atoms with Crippen LogP contribution in [0.4, 0.5) is 14.5 Å². The van der Waals surface area contributed by atoms with Gasteiger partial charge in [-0.15, -0.1) is 11.3 Å². The third kappa shape index (κ3) is 3.01. The van der Waals surface area contributed by atoms with E-state index < -0.39 is 11.6 Å². The van der Waals surface area contributed by atoms with E-state index >= 15 is 0 Å². The zero-order valence-electron chi connectivity index (χ0n) is 8.93. The molecule has 0 aliphatic heterocycles. The fourth-order valence-corrected chi connectivity index (χ4v) is 2.62. The average molecular weight is 319 g/mol. The molecule has 0 saturated carbocycles. The SMILES string of the molecule is Cc1csc(CNc2c(F)cc(F)cc2Br)n1. The topological polar surface area (TPSA) is 24.9 Å². The van der Waals surface area contributed by atoms with Crippen LogP contribution in [0.2, 0.25) is 0 Å². The number of hydrogen-bond donors (Lipinski definition) is 1. The minimum atomic E-state index is -0.620. The van der Waals surface area contributed by atoms with Crippen LogP contribution in [0, 0.1) is 18.6 Å².